The van der Waals surface area contributed by atoms with Crippen molar-refractivity contribution >= 4 is 5.97 Å². The first-order chi connectivity index (χ1) is 8.86. The highest BCUT2D eigenvalue weighted by Gasteiger charge is 2.24. The van der Waals surface area contributed by atoms with Crippen LogP contribution in [0.25, 0.3) is 0 Å². The van der Waals surface area contributed by atoms with Gasteiger partial charge >= 0.3 is 5.97 Å². The second-order valence-electron chi connectivity index (χ2n) is 5.41. The summed E-state index contributed by atoms with van der Waals surface area (Å²) in [6.45, 7) is 7.49. The number of rotatable bonds is 7. The fourth-order valence-corrected chi connectivity index (χ4v) is 2.04. The Labute approximate surface area is 114 Å². The van der Waals surface area contributed by atoms with E-state index < -0.39 is 5.97 Å². The van der Waals surface area contributed by atoms with Crippen molar-refractivity contribution in [2.45, 2.75) is 32.6 Å². The van der Waals surface area contributed by atoms with E-state index >= 15 is 0 Å². The third-order valence-corrected chi connectivity index (χ3v) is 3.17. The van der Waals surface area contributed by atoms with E-state index in [0.717, 1.165) is 11.3 Å². The number of hydrogen-bond acceptors (Lipinski definition) is 3. The van der Waals surface area contributed by atoms with Crippen molar-refractivity contribution in [3.63, 3.8) is 0 Å². The molecule has 0 unspecified atom stereocenters. The maximum atomic E-state index is 10.5. The molecule has 2 N–H and O–H groups in total. The van der Waals surface area contributed by atoms with Crippen molar-refractivity contribution in [1.29, 1.82) is 0 Å². The molecule has 0 bridgehead atoms. The fraction of sp³-hybridized carbons (Fsp3) is 0.533. The Kier molecular flexibility index (Phi) is 5.36. The maximum absolute atomic E-state index is 10.5. The van der Waals surface area contributed by atoms with Gasteiger partial charge in [-0.3, -0.25) is 4.79 Å². The van der Waals surface area contributed by atoms with Crippen LogP contribution in [0.3, 0.4) is 0 Å². The van der Waals surface area contributed by atoms with Gasteiger partial charge in [-0.25, -0.2) is 0 Å². The fourth-order valence-electron chi connectivity index (χ4n) is 2.04. The SMILES string of the molecule is COc1ccc(C)cc1C(C)(C)CNCCC(=O)O. The summed E-state index contributed by atoms with van der Waals surface area (Å²) in [5.74, 6) is 0.0917. The molecule has 0 aromatic heterocycles. The van der Waals surface area contributed by atoms with Crippen LogP contribution in [0.15, 0.2) is 18.2 Å². The number of carbonyl (C=O) groups is 1. The molecule has 0 radical (unpaired) electrons. The lowest BCUT2D eigenvalue weighted by Gasteiger charge is -2.28. The molecule has 1 aromatic rings. The molecule has 0 amide bonds. The van der Waals surface area contributed by atoms with Gasteiger partial charge in [0.1, 0.15) is 5.75 Å². The number of aryl methyl sites for hydroxylation is 1. The van der Waals surface area contributed by atoms with Gasteiger partial charge in [-0.1, -0.05) is 31.5 Å². The molecular formula is C15H23NO3. The summed E-state index contributed by atoms with van der Waals surface area (Å²) in [7, 11) is 1.67. The molecule has 106 valence electrons. The lowest BCUT2D eigenvalue weighted by Crippen LogP contribution is -2.34. The molecular weight excluding hydrogens is 242 g/mol. The molecule has 0 saturated carbocycles. The molecule has 0 atom stereocenters. The summed E-state index contributed by atoms with van der Waals surface area (Å²) < 4.78 is 5.41. The molecule has 1 rings (SSSR count). The standard InChI is InChI=1S/C15H23NO3/c1-11-5-6-13(19-4)12(9-11)15(2,3)10-16-8-7-14(17)18/h5-6,9,16H,7-8,10H2,1-4H3,(H,17,18). The van der Waals surface area contributed by atoms with Crippen LogP contribution >= 0.6 is 0 Å². The molecule has 19 heavy (non-hydrogen) atoms. The van der Waals surface area contributed by atoms with Crippen LogP contribution in [-0.2, 0) is 10.2 Å². The summed E-state index contributed by atoms with van der Waals surface area (Å²) in [4.78, 5) is 10.5. The van der Waals surface area contributed by atoms with Crippen molar-refractivity contribution in [2.75, 3.05) is 20.2 Å². The second kappa shape index (κ2) is 6.57. The van der Waals surface area contributed by atoms with E-state index in [1.165, 1.54) is 5.56 Å². The van der Waals surface area contributed by atoms with Gasteiger partial charge in [-0.2, -0.15) is 0 Å². The van der Waals surface area contributed by atoms with Crippen molar-refractivity contribution in [1.82, 2.24) is 5.32 Å². The second-order valence-corrected chi connectivity index (χ2v) is 5.41. The monoisotopic (exact) mass is 265 g/mol. The lowest BCUT2D eigenvalue weighted by molar-refractivity contribution is -0.136. The van der Waals surface area contributed by atoms with Gasteiger partial charge < -0.3 is 15.2 Å². The lowest BCUT2D eigenvalue weighted by atomic mass is 9.83. The summed E-state index contributed by atoms with van der Waals surface area (Å²) in [5.41, 5.74) is 2.21. The average molecular weight is 265 g/mol. The molecule has 0 fully saturated rings. The molecule has 4 nitrogen and oxygen atoms in total. The van der Waals surface area contributed by atoms with Crippen LogP contribution in [0.2, 0.25) is 0 Å². The van der Waals surface area contributed by atoms with Crippen LogP contribution < -0.4 is 10.1 Å². The average Bonchev–Trinajstić information content (AvgIpc) is 2.34. The smallest absolute Gasteiger partial charge is 0.304 e. The maximum Gasteiger partial charge on any atom is 0.304 e. The van der Waals surface area contributed by atoms with Crippen molar-refractivity contribution < 1.29 is 14.6 Å². The van der Waals surface area contributed by atoms with Crippen molar-refractivity contribution in [2.24, 2.45) is 0 Å². The minimum Gasteiger partial charge on any atom is -0.496 e. The van der Waals surface area contributed by atoms with Crippen molar-refractivity contribution in [3.8, 4) is 5.75 Å². The number of nitrogens with one attached hydrogen (secondary N) is 1. The Hall–Kier alpha value is -1.55. The Bertz CT molecular complexity index is 441. The first-order valence-corrected chi connectivity index (χ1v) is 6.44. The third-order valence-electron chi connectivity index (χ3n) is 3.17. The van der Waals surface area contributed by atoms with E-state index in [9.17, 15) is 4.79 Å². The van der Waals surface area contributed by atoms with Crippen LogP contribution in [0, 0.1) is 6.92 Å². The van der Waals surface area contributed by atoms with E-state index in [1.807, 2.05) is 12.1 Å². The van der Waals surface area contributed by atoms with Gasteiger partial charge in [-0.05, 0) is 13.0 Å². The van der Waals surface area contributed by atoms with E-state index in [4.69, 9.17) is 9.84 Å². The highest BCUT2D eigenvalue weighted by Crippen LogP contribution is 2.31. The quantitative estimate of drug-likeness (QED) is 0.743. The van der Waals surface area contributed by atoms with Gasteiger partial charge in [0.05, 0.1) is 13.5 Å². The highest BCUT2D eigenvalue weighted by molar-refractivity contribution is 5.66. The van der Waals surface area contributed by atoms with Crippen LogP contribution in [-0.4, -0.2) is 31.3 Å². The zero-order valence-corrected chi connectivity index (χ0v) is 12.1. The summed E-state index contributed by atoms with van der Waals surface area (Å²) in [6.07, 6.45) is 0.140. The van der Waals surface area contributed by atoms with Gasteiger partial charge in [-0.15, -0.1) is 0 Å². The van der Waals surface area contributed by atoms with Crippen molar-refractivity contribution in [3.05, 3.63) is 29.3 Å². The number of methoxy groups -OCH3 is 1. The Morgan fingerprint density at radius 1 is 1.42 bits per heavy atom. The first-order valence-electron chi connectivity index (χ1n) is 6.44. The Morgan fingerprint density at radius 2 is 2.11 bits per heavy atom. The van der Waals surface area contributed by atoms with Gasteiger partial charge in [0.2, 0.25) is 0 Å². The molecule has 0 aliphatic carbocycles. The predicted octanol–water partition coefficient (Wildman–Crippen LogP) is 2.35. The minimum atomic E-state index is -0.779. The summed E-state index contributed by atoms with van der Waals surface area (Å²) >= 11 is 0. The summed E-state index contributed by atoms with van der Waals surface area (Å²) in [5, 5.41) is 11.8. The highest BCUT2D eigenvalue weighted by atomic mass is 16.5. The predicted molar refractivity (Wildman–Crippen MR) is 75.9 cm³/mol. The number of carboxylic acid groups (broad SMARTS) is 1. The van der Waals surface area contributed by atoms with Gasteiger partial charge in [0, 0.05) is 24.1 Å². The third kappa shape index (κ3) is 4.56. The van der Waals surface area contributed by atoms with Crippen LogP contribution in [0.1, 0.15) is 31.4 Å². The number of ether oxygens (including phenoxy) is 1. The number of benzene rings is 1. The van der Waals surface area contributed by atoms with Crippen LogP contribution in [0.4, 0.5) is 0 Å². The number of hydrogen-bond donors (Lipinski definition) is 2. The zero-order chi connectivity index (χ0) is 14.5. The first kappa shape index (κ1) is 15.5. The summed E-state index contributed by atoms with van der Waals surface area (Å²) in [6, 6.07) is 6.12. The largest absolute Gasteiger partial charge is 0.496 e. The molecule has 0 aliphatic rings. The normalized spacial score (nSPS) is 11.4. The zero-order valence-electron chi connectivity index (χ0n) is 12.1. The Balaban J connectivity index is 2.75. The molecule has 0 aliphatic heterocycles. The Morgan fingerprint density at radius 3 is 2.68 bits per heavy atom. The van der Waals surface area contributed by atoms with E-state index in [1.54, 1.807) is 7.11 Å². The molecule has 0 saturated heterocycles. The number of aliphatic carboxylic acids is 1. The van der Waals surface area contributed by atoms with Gasteiger partial charge in [0.25, 0.3) is 0 Å². The van der Waals surface area contributed by atoms with Gasteiger partial charge in [0.15, 0.2) is 0 Å². The molecule has 0 spiro atoms. The number of carboxylic acids is 1. The van der Waals surface area contributed by atoms with Crippen LogP contribution in [0.5, 0.6) is 5.75 Å². The molecule has 4 heteroatoms. The topological polar surface area (TPSA) is 58.6 Å². The minimum absolute atomic E-state index is 0.115. The van der Waals surface area contributed by atoms with E-state index in [2.05, 4.69) is 32.2 Å². The molecule has 1 aromatic carbocycles. The molecule has 0 heterocycles. The van der Waals surface area contributed by atoms with E-state index in [-0.39, 0.29) is 11.8 Å². The van der Waals surface area contributed by atoms with E-state index in [0.29, 0.717) is 13.1 Å².